The maximum atomic E-state index is 12.6. The van der Waals surface area contributed by atoms with E-state index in [9.17, 15) is 23.1 Å². The fraction of sp³-hybridized carbons (Fsp3) is 0.562. The molecule has 0 aromatic heterocycles. The average molecular weight is 331 g/mol. The lowest BCUT2D eigenvalue weighted by molar-refractivity contribution is -0.206. The Morgan fingerprint density at radius 1 is 1.26 bits per heavy atom. The number of hydrogen-bond acceptors (Lipinski definition) is 3. The van der Waals surface area contributed by atoms with Gasteiger partial charge in [-0.05, 0) is 43.9 Å². The normalized spacial score (nSPS) is 16.7. The molecule has 1 aliphatic heterocycles. The Hall–Kier alpha value is -1.76. The van der Waals surface area contributed by atoms with Crippen LogP contribution in [-0.4, -0.2) is 34.4 Å². The number of aliphatic hydroxyl groups excluding tert-OH is 1. The van der Waals surface area contributed by atoms with E-state index in [4.69, 9.17) is 4.74 Å². The quantitative estimate of drug-likeness (QED) is 0.856. The fourth-order valence-corrected chi connectivity index (χ4v) is 2.42. The molecule has 23 heavy (non-hydrogen) atoms. The molecule has 0 fully saturated rings. The molecule has 1 aliphatic rings. The number of halogens is 3. The first-order valence-electron chi connectivity index (χ1n) is 7.32. The van der Waals surface area contributed by atoms with E-state index in [0.29, 0.717) is 18.5 Å². The Morgan fingerprint density at radius 2 is 1.91 bits per heavy atom. The van der Waals surface area contributed by atoms with Gasteiger partial charge in [-0.1, -0.05) is 18.2 Å². The second kappa shape index (κ2) is 6.03. The van der Waals surface area contributed by atoms with Crippen LogP contribution in [-0.2, 0) is 17.7 Å². The summed E-state index contributed by atoms with van der Waals surface area (Å²) in [6, 6.07) is 4.16. The summed E-state index contributed by atoms with van der Waals surface area (Å²) in [7, 11) is 0. The van der Waals surface area contributed by atoms with Gasteiger partial charge in [0.2, 0.25) is 0 Å². The zero-order valence-corrected chi connectivity index (χ0v) is 13.3. The number of benzene rings is 1. The van der Waals surface area contributed by atoms with Gasteiger partial charge in [-0.15, -0.1) is 0 Å². The largest absolute Gasteiger partial charge is 0.444 e. The smallest absolute Gasteiger partial charge is 0.418 e. The van der Waals surface area contributed by atoms with Crippen molar-refractivity contribution in [2.45, 2.75) is 51.6 Å². The molecule has 1 aromatic rings. The van der Waals surface area contributed by atoms with Crippen LogP contribution >= 0.6 is 0 Å². The third-order valence-electron chi connectivity index (χ3n) is 3.52. The lowest BCUT2D eigenvalue weighted by Crippen LogP contribution is -2.40. The molecular weight excluding hydrogens is 311 g/mol. The van der Waals surface area contributed by atoms with Crippen molar-refractivity contribution in [1.82, 2.24) is 4.90 Å². The lowest BCUT2D eigenvalue weighted by Gasteiger charge is -2.31. The van der Waals surface area contributed by atoms with E-state index >= 15 is 0 Å². The highest BCUT2D eigenvalue weighted by molar-refractivity contribution is 5.68. The molecule has 4 nitrogen and oxygen atoms in total. The summed E-state index contributed by atoms with van der Waals surface area (Å²) in [5.74, 6) is 0. The first-order chi connectivity index (χ1) is 10.5. The molecule has 1 amide bonds. The number of amides is 1. The Bertz CT molecular complexity index is 593. The van der Waals surface area contributed by atoms with Crippen LogP contribution in [0, 0.1) is 0 Å². The highest BCUT2D eigenvalue weighted by atomic mass is 19.4. The van der Waals surface area contributed by atoms with E-state index < -0.39 is 24.0 Å². The van der Waals surface area contributed by atoms with Crippen molar-refractivity contribution in [3.05, 3.63) is 34.9 Å². The standard InChI is InChI=1S/C16H20F3NO3/c1-15(2,3)23-14(22)20-7-6-10-4-5-11(8-12(10)9-20)13(21)16(17,18)19/h4-5,8,13,21H,6-7,9H2,1-3H3. The van der Waals surface area contributed by atoms with Crippen LogP contribution in [0.15, 0.2) is 18.2 Å². The van der Waals surface area contributed by atoms with E-state index in [-0.39, 0.29) is 12.1 Å². The van der Waals surface area contributed by atoms with E-state index in [1.807, 2.05) is 0 Å². The zero-order chi connectivity index (χ0) is 17.4. The minimum Gasteiger partial charge on any atom is -0.444 e. The molecule has 0 saturated carbocycles. The van der Waals surface area contributed by atoms with Crippen molar-refractivity contribution in [2.75, 3.05) is 6.54 Å². The third kappa shape index (κ3) is 4.37. The van der Waals surface area contributed by atoms with Gasteiger partial charge in [-0.3, -0.25) is 0 Å². The molecule has 0 radical (unpaired) electrons. The number of rotatable bonds is 1. The van der Waals surface area contributed by atoms with Crippen molar-refractivity contribution < 1.29 is 27.8 Å². The fourth-order valence-electron chi connectivity index (χ4n) is 2.42. The minimum atomic E-state index is -4.71. The third-order valence-corrected chi connectivity index (χ3v) is 3.52. The number of alkyl halides is 3. The van der Waals surface area contributed by atoms with Gasteiger partial charge in [0.1, 0.15) is 5.60 Å². The summed E-state index contributed by atoms with van der Waals surface area (Å²) in [5.41, 5.74) is 0.624. The van der Waals surface area contributed by atoms with Gasteiger partial charge in [0.15, 0.2) is 6.10 Å². The maximum Gasteiger partial charge on any atom is 0.418 e. The van der Waals surface area contributed by atoms with Crippen molar-refractivity contribution in [3.8, 4) is 0 Å². The molecule has 2 rings (SSSR count). The molecule has 0 spiro atoms. The van der Waals surface area contributed by atoms with Gasteiger partial charge in [-0.2, -0.15) is 13.2 Å². The average Bonchev–Trinajstić information content (AvgIpc) is 2.42. The number of hydrogen-bond donors (Lipinski definition) is 1. The summed E-state index contributed by atoms with van der Waals surface area (Å²) in [4.78, 5) is 13.5. The molecule has 1 aromatic carbocycles. The maximum absolute atomic E-state index is 12.6. The summed E-state index contributed by atoms with van der Waals surface area (Å²) in [6.07, 6.45) is -7.19. The number of aliphatic hydroxyl groups is 1. The molecule has 7 heteroatoms. The van der Waals surface area contributed by atoms with Crippen LogP contribution in [0.3, 0.4) is 0 Å². The Labute approximate surface area is 132 Å². The molecule has 1 atom stereocenters. The number of carbonyl (C=O) groups excluding carboxylic acids is 1. The predicted octanol–water partition coefficient (Wildman–Crippen LogP) is 3.58. The topological polar surface area (TPSA) is 49.8 Å². The monoisotopic (exact) mass is 331 g/mol. The van der Waals surface area contributed by atoms with E-state index in [2.05, 4.69) is 0 Å². The van der Waals surface area contributed by atoms with Crippen LogP contribution in [0.5, 0.6) is 0 Å². The molecule has 1 N–H and O–H groups in total. The van der Waals surface area contributed by atoms with Crippen LogP contribution < -0.4 is 0 Å². The van der Waals surface area contributed by atoms with Gasteiger partial charge in [0.25, 0.3) is 0 Å². The summed E-state index contributed by atoms with van der Waals surface area (Å²) >= 11 is 0. The second-order valence-corrected chi connectivity index (χ2v) is 6.62. The van der Waals surface area contributed by atoms with Gasteiger partial charge in [0.05, 0.1) is 0 Å². The van der Waals surface area contributed by atoms with Gasteiger partial charge in [-0.25, -0.2) is 4.79 Å². The number of ether oxygens (including phenoxy) is 1. The molecule has 128 valence electrons. The van der Waals surface area contributed by atoms with E-state index in [0.717, 1.165) is 5.56 Å². The second-order valence-electron chi connectivity index (χ2n) is 6.62. The van der Waals surface area contributed by atoms with E-state index in [1.165, 1.54) is 17.0 Å². The van der Waals surface area contributed by atoms with Gasteiger partial charge in [0, 0.05) is 13.1 Å². The molecule has 0 bridgehead atoms. The first-order valence-corrected chi connectivity index (χ1v) is 7.32. The summed E-state index contributed by atoms with van der Waals surface area (Å²) in [5, 5.41) is 9.36. The minimum absolute atomic E-state index is 0.169. The first kappa shape index (κ1) is 17.6. The molecule has 1 heterocycles. The van der Waals surface area contributed by atoms with Crippen molar-refractivity contribution in [1.29, 1.82) is 0 Å². The lowest BCUT2D eigenvalue weighted by atomic mass is 9.95. The summed E-state index contributed by atoms with van der Waals surface area (Å²) in [6.45, 7) is 5.87. The number of carbonyl (C=O) groups is 1. The van der Waals surface area contributed by atoms with Gasteiger partial charge < -0.3 is 14.7 Å². The highest BCUT2D eigenvalue weighted by Gasteiger charge is 2.39. The Morgan fingerprint density at radius 3 is 2.48 bits per heavy atom. The van der Waals surface area contributed by atoms with Crippen LogP contribution in [0.4, 0.5) is 18.0 Å². The predicted molar refractivity (Wildman–Crippen MR) is 77.8 cm³/mol. The molecular formula is C16H20F3NO3. The van der Waals surface area contributed by atoms with Gasteiger partial charge >= 0.3 is 12.3 Å². The number of fused-ring (bicyclic) bond motifs is 1. The van der Waals surface area contributed by atoms with Crippen LogP contribution in [0.2, 0.25) is 0 Å². The molecule has 0 saturated heterocycles. The van der Waals surface area contributed by atoms with Crippen molar-refractivity contribution >= 4 is 6.09 Å². The highest BCUT2D eigenvalue weighted by Crippen LogP contribution is 2.34. The summed E-state index contributed by atoms with van der Waals surface area (Å²) < 4.78 is 43.2. The van der Waals surface area contributed by atoms with E-state index in [1.54, 1.807) is 26.8 Å². The zero-order valence-electron chi connectivity index (χ0n) is 13.3. The van der Waals surface area contributed by atoms with Crippen LogP contribution in [0.25, 0.3) is 0 Å². The Kier molecular flexibility index (Phi) is 4.61. The van der Waals surface area contributed by atoms with Crippen molar-refractivity contribution in [2.24, 2.45) is 0 Å². The number of nitrogens with zero attached hydrogens (tertiary/aromatic N) is 1. The Balaban J connectivity index is 2.18. The molecule has 1 unspecified atom stereocenters. The van der Waals surface area contributed by atoms with Crippen molar-refractivity contribution in [3.63, 3.8) is 0 Å². The molecule has 0 aliphatic carbocycles. The SMILES string of the molecule is CC(C)(C)OC(=O)N1CCc2ccc(C(O)C(F)(F)F)cc2C1. The van der Waals surface area contributed by atoms with Crippen LogP contribution in [0.1, 0.15) is 43.6 Å².